The average Bonchev–Trinajstić information content (AvgIpc) is 2.86. The lowest BCUT2D eigenvalue weighted by Crippen LogP contribution is -2.50. The summed E-state index contributed by atoms with van der Waals surface area (Å²) >= 11 is 0. The van der Waals surface area contributed by atoms with E-state index < -0.39 is 16.1 Å². The zero-order valence-corrected chi connectivity index (χ0v) is 23.7. The van der Waals surface area contributed by atoms with Gasteiger partial charge in [-0.2, -0.15) is 0 Å². The highest BCUT2D eigenvalue weighted by atomic mass is 32.2. The lowest BCUT2D eigenvalue weighted by Gasteiger charge is -2.32. The van der Waals surface area contributed by atoms with Crippen LogP contribution in [-0.4, -0.2) is 57.1 Å². The highest BCUT2D eigenvalue weighted by Gasteiger charge is 2.29. The van der Waals surface area contributed by atoms with Gasteiger partial charge < -0.3 is 15.0 Å². The zero-order chi connectivity index (χ0) is 27.6. The second-order valence-electron chi connectivity index (χ2n) is 9.33. The minimum Gasteiger partial charge on any atom is -0.497 e. The fraction of sp³-hybridized carbons (Fsp3) is 0.500. The van der Waals surface area contributed by atoms with E-state index in [0.29, 0.717) is 30.8 Å². The van der Waals surface area contributed by atoms with Crippen LogP contribution in [0.25, 0.3) is 0 Å². The van der Waals surface area contributed by atoms with E-state index in [1.54, 1.807) is 29.2 Å². The van der Waals surface area contributed by atoms with Crippen LogP contribution in [-0.2, 0) is 26.2 Å². The second-order valence-corrected chi connectivity index (χ2v) is 11.2. The Morgan fingerprint density at radius 1 is 1.05 bits per heavy atom. The number of methoxy groups -OCH3 is 1. The average molecular weight is 532 g/mol. The molecule has 0 bridgehead atoms. The van der Waals surface area contributed by atoms with Gasteiger partial charge in [-0.3, -0.25) is 13.9 Å². The van der Waals surface area contributed by atoms with Crippen LogP contribution in [0.15, 0.2) is 48.5 Å². The standard InChI is InChI=1S/C28H41N3O5S/c1-7-22(4)29-28(33)26(8-2)30(20-23-14-10-9-13-21(23)3)27(32)17-12-18-31(37(6,34)35)24-15-11-16-25(19-24)36-5/h9-11,13-16,19,22,26H,7-8,12,17-18,20H2,1-6H3,(H,29,33)/t22-,26-/m0/s1. The van der Waals surface area contributed by atoms with Crippen molar-refractivity contribution >= 4 is 27.5 Å². The Labute approximate surface area is 222 Å². The Kier molecular flexibility index (Phi) is 11.4. The summed E-state index contributed by atoms with van der Waals surface area (Å²) in [5.74, 6) is 0.186. The van der Waals surface area contributed by atoms with Gasteiger partial charge in [-0.1, -0.05) is 44.2 Å². The number of aryl methyl sites for hydroxylation is 1. The first-order valence-electron chi connectivity index (χ1n) is 12.8. The minimum absolute atomic E-state index is 0.00291. The highest BCUT2D eigenvalue weighted by Crippen LogP contribution is 2.24. The molecule has 0 radical (unpaired) electrons. The number of nitrogens with one attached hydrogen (secondary N) is 1. The number of hydrogen-bond donors (Lipinski definition) is 1. The Morgan fingerprint density at radius 2 is 1.76 bits per heavy atom. The molecular formula is C28H41N3O5S. The van der Waals surface area contributed by atoms with Gasteiger partial charge in [0, 0.05) is 31.6 Å². The lowest BCUT2D eigenvalue weighted by molar-refractivity contribution is -0.141. The molecule has 0 saturated heterocycles. The van der Waals surface area contributed by atoms with E-state index in [2.05, 4.69) is 5.32 Å². The molecule has 9 heteroatoms. The number of amides is 2. The first-order valence-corrected chi connectivity index (χ1v) is 14.6. The van der Waals surface area contributed by atoms with E-state index in [-0.39, 0.29) is 30.8 Å². The normalized spacial score (nSPS) is 12.9. The number of sulfonamides is 1. The highest BCUT2D eigenvalue weighted by molar-refractivity contribution is 7.92. The van der Waals surface area contributed by atoms with E-state index in [1.165, 1.54) is 11.4 Å². The van der Waals surface area contributed by atoms with Crippen molar-refractivity contribution in [2.45, 2.75) is 72.0 Å². The minimum atomic E-state index is -3.58. The van der Waals surface area contributed by atoms with Crippen LogP contribution in [0.2, 0.25) is 0 Å². The molecule has 2 rings (SSSR count). The predicted molar refractivity (Wildman–Crippen MR) is 148 cm³/mol. The van der Waals surface area contributed by atoms with Gasteiger partial charge in [0.15, 0.2) is 0 Å². The van der Waals surface area contributed by atoms with Crippen molar-refractivity contribution in [1.29, 1.82) is 0 Å². The molecule has 37 heavy (non-hydrogen) atoms. The van der Waals surface area contributed by atoms with E-state index >= 15 is 0 Å². The summed E-state index contributed by atoms with van der Waals surface area (Å²) in [4.78, 5) is 28.3. The molecule has 0 saturated carbocycles. The summed E-state index contributed by atoms with van der Waals surface area (Å²) in [5.41, 5.74) is 2.49. The topological polar surface area (TPSA) is 96.0 Å². The number of benzene rings is 2. The van der Waals surface area contributed by atoms with E-state index in [1.807, 2.05) is 52.0 Å². The van der Waals surface area contributed by atoms with Crippen LogP contribution < -0.4 is 14.4 Å². The molecule has 2 atom stereocenters. The molecule has 0 aliphatic heterocycles. The van der Waals surface area contributed by atoms with Gasteiger partial charge in [-0.25, -0.2) is 8.42 Å². The van der Waals surface area contributed by atoms with Crippen LogP contribution in [0.1, 0.15) is 57.6 Å². The first kappa shape index (κ1) is 30.2. The number of hydrogen-bond acceptors (Lipinski definition) is 5. The van der Waals surface area contributed by atoms with Gasteiger partial charge in [0.2, 0.25) is 21.8 Å². The summed E-state index contributed by atoms with van der Waals surface area (Å²) in [7, 11) is -2.06. The van der Waals surface area contributed by atoms with Gasteiger partial charge in [0.05, 0.1) is 19.1 Å². The van der Waals surface area contributed by atoms with Crippen LogP contribution >= 0.6 is 0 Å². The Bertz CT molecular complexity index is 1150. The molecular weight excluding hydrogens is 490 g/mol. The number of nitrogens with zero attached hydrogens (tertiary/aromatic N) is 2. The quantitative estimate of drug-likeness (QED) is 0.393. The van der Waals surface area contributed by atoms with Crippen LogP contribution in [0, 0.1) is 6.92 Å². The van der Waals surface area contributed by atoms with Crippen LogP contribution in [0.5, 0.6) is 5.75 Å². The molecule has 2 aromatic carbocycles. The zero-order valence-electron chi connectivity index (χ0n) is 22.9. The van der Waals surface area contributed by atoms with Crippen molar-refractivity contribution in [3.05, 3.63) is 59.7 Å². The Hall–Kier alpha value is -3.07. The molecule has 2 amide bonds. The summed E-state index contributed by atoms with van der Waals surface area (Å²) in [6.45, 7) is 8.26. The summed E-state index contributed by atoms with van der Waals surface area (Å²) in [6.07, 6.45) is 2.82. The van der Waals surface area contributed by atoms with E-state index in [4.69, 9.17) is 4.74 Å². The van der Waals surface area contributed by atoms with E-state index in [0.717, 1.165) is 23.8 Å². The maximum Gasteiger partial charge on any atom is 0.243 e. The van der Waals surface area contributed by atoms with Crippen molar-refractivity contribution in [1.82, 2.24) is 10.2 Å². The molecule has 8 nitrogen and oxygen atoms in total. The van der Waals surface area contributed by atoms with Gasteiger partial charge in [-0.15, -0.1) is 0 Å². The third-order valence-electron chi connectivity index (χ3n) is 6.48. The largest absolute Gasteiger partial charge is 0.497 e. The summed E-state index contributed by atoms with van der Waals surface area (Å²) in [5, 5.41) is 3.01. The molecule has 0 aliphatic rings. The lowest BCUT2D eigenvalue weighted by atomic mass is 10.0. The van der Waals surface area contributed by atoms with Crippen LogP contribution in [0.3, 0.4) is 0 Å². The second kappa shape index (κ2) is 14.0. The third kappa shape index (κ3) is 8.77. The SMILES string of the molecule is CC[C@H](C)NC(=O)[C@H](CC)N(Cc1ccccc1C)C(=O)CCCN(c1cccc(OC)c1)S(C)(=O)=O. The van der Waals surface area contributed by atoms with Gasteiger partial charge in [0.25, 0.3) is 0 Å². The maximum absolute atomic E-state index is 13.5. The molecule has 0 aromatic heterocycles. The van der Waals surface area contributed by atoms with Gasteiger partial charge in [0.1, 0.15) is 11.8 Å². The van der Waals surface area contributed by atoms with Crippen molar-refractivity contribution in [2.75, 3.05) is 24.2 Å². The molecule has 0 fully saturated rings. The molecule has 0 heterocycles. The Balaban J connectivity index is 2.24. The fourth-order valence-corrected chi connectivity index (χ4v) is 5.06. The molecule has 1 N–H and O–H groups in total. The van der Waals surface area contributed by atoms with Crippen molar-refractivity contribution < 1.29 is 22.7 Å². The van der Waals surface area contributed by atoms with Crippen molar-refractivity contribution in [3.8, 4) is 5.75 Å². The first-order chi connectivity index (χ1) is 17.5. The molecule has 0 aliphatic carbocycles. The van der Waals surface area contributed by atoms with Gasteiger partial charge >= 0.3 is 0 Å². The molecule has 0 spiro atoms. The van der Waals surface area contributed by atoms with Crippen molar-refractivity contribution in [3.63, 3.8) is 0 Å². The smallest absolute Gasteiger partial charge is 0.243 e. The molecule has 0 unspecified atom stereocenters. The monoisotopic (exact) mass is 531 g/mol. The van der Waals surface area contributed by atoms with Crippen LogP contribution in [0.4, 0.5) is 5.69 Å². The summed E-state index contributed by atoms with van der Waals surface area (Å²) < 4.78 is 31.6. The number of carbonyl (C=O) groups is 2. The maximum atomic E-state index is 13.5. The molecule has 2 aromatic rings. The number of rotatable bonds is 14. The number of anilines is 1. The van der Waals surface area contributed by atoms with E-state index in [9.17, 15) is 18.0 Å². The Morgan fingerprint density at radius 3 is 2.35 bits per heavy atom. The predicted octanol–water partition coefficient (Wildman–Crippen LogP) is 4.27. The number of carbonyl (C=O) groups excluding carboxylic acids is 2. The van der Waals surface area contributed by atoms with Gasteiger partial charge in [-0.05, 0) is 56.4 Å². The van der Waals surface area contributed by atoms with Crippen molar-refractivity contribution in [2.24, 2.45) is 0 Å². The summed E-state index contributed by atoms with van der Waals surface area (Å²) in [6, 6.07) is 14.0. The third-order valence-corrected chi connectivity index (χ3v) is 7.68. The number of ether oxygens (including phenoxy) is 1. The fourth-order valence-electron chi connectivity index (χ4n) is 4.10. The molecule has 204 valence electrons.